The summed E-state index contributed by atoms with van der Waals surface area (Å²) in [6.07, 6.45) is -2.10. The normalized spacial score (nSPS) is 16.0. The predicted octanol–water partition coefficient (Wildman–Crippen LogP) is 10.6. The highest BCUT2D eigenvalue weighted by Crippen LogP contribution is 2.44. The highest BCUT2D eigenvalue weighted by atomic mass is 32.2. The van der Waals surface area contributed by atoms with Crippen LogP contribution < -0.4 is 18.9 Å². The number of alkyl halides is 6. The van der Waals surface area contributed by atoms with E-state index >= 15 is 0 Å². The van der Waals surface area contributed by atoms with Crippen LogP contribution in [0.3, 0.4) is 0 Å². The summed E-state index contributed by atoms with van der Waals surface area (Å²) in [7, 11) is -8.17. The third kappa shape index (κ3) is 11.5. The second-order valence-corrected chi connectivity index (χ2v) is 19.1. The highest BCUT2D eigenvalue weighted by molar-refractivity contribution is 7.93. The average Bonchev–Trinajstić information content (AvgIpc) is 3.29. The number of rotatable bonds is 12. The molecule has 0 radical (unpaired) electrons. The molecule has 8 rings (SSSR count). The van der Waals surface area contributed by atoms with E-state index in [-0.39, 0.29) is 46.7 Å². The van der Waals surface area contributed by atoms with Gasteiger partial charge in [0.2, 0.25) is 11.9 Å². The lowest BCUT2D eigenvalue weighted by molar-refractivity contribution is -0.138. The summed E-state index contributed by atoms with van der Waals surface area (Å²) in [4.78, 5) is 14.1. The van der Waals surface area contributed by atoms with Gasteiger partial charge < -0.3 is 9.47 Å². The fraction of sp³-hybridized carbons (Fsp3) is 0.304. The van der Waals surface area contributed by atoms with Gasteiger partial charge in [0.05, 0.1) is 58.9 Å². The van der Waals surface area contributed by atoms with Crippen molar-refractivity contribution in [3.8, 4) is 11.5 Å². The topological polar surface area (TPSA) is 162 Å². The maximum atomic E-state index is 13.2. The number of ether oxygens (including phenoxy) is 2. The highest BCUT2D eigenvalue weighted by Gasteiger charge is 2.35. The molecular weight excluding hydrogens is 949 g/mol. The minimum absolute atomic E-state index is 0.110. The smallest absolute Gasteiger partial charge is 0.416 e. The fourth-order valence-corrected chi connectivity index (χ4v) is 9.97. The second kappa shape index (κ2) is 20.0. The Morgan fingerprint density at radius 3 is 1.24 bits per heavy atom. The van der Waals surface area contributed by atoms with Gasteiger partial charge in [0, 0.05) is 35.1 Å². The van der Waals surface area contributed by atoms with Gasteiger partial charge >= 0.3 is 12.4 Å². The molecule has 22 heteroatoms. The first kappa shape index (κ1) is 49.5. The summed E-state index contributed by atoms with van der Waals surface area (Å²) in [5, 5.41) is 0. The molecule has 4 heterocycles. The number of aryl methyl sites for hydroxylation is 2. The van der Waals surface area contributed by atoms with Crippen LogP contribution in [0.1, 0.15) is 95.9 Å². The van der Waals surface area contributed by atoms with Gasteiger partial charge in [-0.05, 0) is 84.3 Å². The molecule has 2 aliphatic heterocycles. The van der Waals surface area contributed by atoms with E-state index in [1.165, 1.54) is 48.5 Å². The number of nitrogens with one attached hydrogen (secondary N) is 2. The zero-order chi connectivity index (χ0) is 49.0. The molecule has 12 nitrogen and oxygen atoms in total. The van der Waals surface area contributed by atoms with Crippen molar-refractivity contribution in [1.82, 2.24) is 19.9 Å². The molecule has 0 unspecified atom stereocenters. The Morgan fingerprint density at radius 1 is 0.544 bits per heavy atom. The third-order valence-electron chi connectivity index (χ3n) is 11.1. The van der Waals surface area contributed by atoms with Crippen LogP contribution in [0, 0.1) is 11.6 Å². The van der Waals surface area contributed by atoms with Gasteiger partial charge in [-0.15, -0.1) is 0 Å². The summed E-state index contributed by atoms with van der Waals surface area (Å²) in [5.41, 5.74) is 2.77. The predicted molar refractivity (Wildman–Crippen MR) is 233 cm³/mol. The molecule has 0 saturated carbocycles. The van der Waals surface area contributed by atoms with Crippen molar-refractivity contribution in [2.75, 3.05) is 22.7 Å². The van der Waals surface area contributed by atoms with Crippen LogP contribution in [0.2, 0.25) is 0 Å². The number of benzene rings is 4. The first-order valence-corrected chi connectivity index (χ1v) is 24.1. The van der Waals surface area contributed by atoms with Crippen molar-refractivity contribution >= 4 is 31.9 Å². The lowest BCUT2D eigenvalue weighted by atomic mass is 9.82. The number of fused-ring (bicyclic) bond motifs is 2. The van der Waals surface area contributed by atoms with Crippen LogP contribution in [-0.2, 0) is 45.2 Å². The Kier molecular flexibility index (Phi) is 14.6. The van der Waals surface area contributed by atoms with Crippen molar-refractivity contribution < 1.29 is 61.4 Å². The average molecular weight is 991 g/mol. The van der Waals surface area contributed by atoms with E-state index in [4.69, 9.17) is 9.47 Å². The largest absolute Gasteiger partial charge is 0.493 e. The lowest BCUT2D eigenvalue weighted by Crippen LogP contribution is -2.19. The zero-order valence-corrected chi connectivity index (χ0v) is 37.8. The number of hydrogen-bond donors (Lipinski definition) is 2. The summed E-state index contributed by atoms with van der Waals surface area (Å²) >= 11 is 0. The first-order valence-electron chi connectivity index (χ1n) is 21.1. The van der Waals surface area contributed by atoms with Crippen LogP contribution in [0.5, 0.6) is 11.5 Å². The Hall–Kier alpha value is -6.42. The van der Waals surface area contributed by atoms with E-state index in [0.717, 1.165) is 48.0 Å². The van der Waals surface area contributed by atoms with E-state index in [1.54, 1.807) is 12.1 Å². The Balaban J connectivity index is 0.000000201. The Morgan fingerprint density at radius 2 is 0.897 bits per heavy atom. The summed E-state index contributed by atoms with van der Waals surface area (Å²) in [6, 6.07) is 16.2. The van der Waals surface area contributed by atoms with Crippen molar-refractivity contribution in [1.29, 1.82) is 0 Å². The summed E-state index contributed by atoms with van der Waals surface area (Å²) < 4.78 is 172. The van der Waals surface area contributed by atoms with E-state index in [1.807, 2.05) is 13.8 Å². The van der Waals surface area contributed by atoms with Crippen LogP contribution in [0.25, 0.3) is 0 Å². The van der Waals surface area contributed by atoms with Crippen molar-refractivity contribution in [2.45, 2.75) is 86.4 Å². The van der Waals surface area contributed by atoms with E-state index < -0.39 is 55.2 Å². The van der Waals surface area contributed by atoms with Gasteiger partial charge in [-0.1, -0.05) is 51.0 Å². The minimum atomic E-state index is -4.43. The summed E-state index contributed by atoms with van der Waals surface area (Å²) in [6.45, 7) is 4.36. The first-order chi connectivity index (χ1) is 32.2. The fourth-order valence-electron chi connectivity index (χ4n) is 8.02. The number of aromatic nitrogens is 4. The van der Waals surface area contributed by atoms with E-state index in [0.29, 0.717) is 72.3 Å². The summed E-state index contributed by atoms with van der Waals surface area (Å²) in [5.74, 6) is -1.79. The molecule has 0 amide bonds. The van der Waals surface area contributed by atoms with Crippen molar-refractivity contribution in [3.05, 3.63) is 154 Å². The van der Waals surface area contributed by atoms with E-state index in [9.17, 15) is 52.0 Å². The zero-order valence-electron chi connectivity index (χ0n) is 36.1. The lowest BCUT2D eigenvalue weighted by Gasteiger charge is -2.28. The minimum Gasteiger partial charge on any atom is -0.493 e. The molecule has 4 aromatic carbocycles. The van der Waals surface area contributed by atoms with Gasteiger partial charge in [0.25, 0.3) is 20.0 Å². The van der Waals surface area contributed by atoms with Gasteiger partial charge in [-0.3, -0.25) is 0 Å². The number of sulfonamides is 2. The van der Waals surface area contributed by atoms with Gasteiger partial charge in [-0.25, -0.2) is 55.0 Å². The monoisotopic (exact) mass is 990 g/mol. The van der Waals surface area contributed by atoms with E-state index in [2.05, 4.69) is 29.4 Å². The SMILES string of the molecule is CCCc1cc(C(F)(F)F)ccc1[C@@H]1CCOc2cc(S(=O)(=O)Nc3ncc(F)cn3)ccc21.CCCc1cc(C(F)(F)F)ccc1[C@H]1CCOc2cc(S(=O)(=O)Nc3ncc(F)cn3)ccc21. The molecule has 0 bridgehead atoms. The molecule has 0 fully saturated rings. The van der Waals surface area contributed by atoms with Crippen LogP contribution >= 0.6 is 0 Å². The number of anilines is 2. The van der Waals surface area contributed by atoms with Crippen molar-refractivity contribution in [2.24, 2.45) is 0 Å². The second-order valence-electron chi connectivity index (χ2n) is 15.8. The molecule has 2 aliphatic rings. The van der Waals surface area contributed by atoms with Crippen LogP contribution in [0.15, 0.2) is 107 Å². The molecule has 2 aromatic heterocycles. The molecule has 0 saturated heterocycles. The molecule has 2 N–H and O–H groups in total. The molecule has 6 aromatic rings. The molecule has 0 spiro atoms. The number of halogens is 8. The number of nitrogens with zero attached hydrogens (tertiary/aromatic N) is 4. The quantitative estimate of drug-likeness (QED) is 0.113. The maximum absolute atomic E-state index is 13.2. The number of hydrogen-bond acceptors (Lipinski definition) is 10. The molecule has 2 atom stereocenters. The molecule has 360 valence electrons. The molecule has 68 heavy (non-hydrogen) atoms. The molecule has 0 aliphatic carbocycles. The van der Waals surface area contributed by atoms with Gasteiger partial charge in [-0.2, -0.15) is 26.3 Å². The van der Waals surface area contributed by atoms with Gasteiger partial charge in [0.1, 0.15) is 11.5 Å². The molecular formula is C46H42F8N6O6S2. The maximum Gasteiger partial charge on any atom is 0.416 e. The van der Waals surface area contributed by atoms with Crippen LogP contribution in [-0.4, -0.2) is 50.0 Å². The van der Waals surface area contributed by atoms with Crippen LogP contribution in [0.4, 0.5) is 47.0 Å². The van der Waals surface area contributed by atoms with Crippen molar-refractivity contribution in [3.63, 3.8) is 0 Å². The van der Waals surface area contributed by atoms with Gasteiger partial charge in [0.15, 0.2) is 11.6 Å². The standard InChI is InChI=1S/2C23H21F4N3O3S/c2*1-2-3-14-10-15(23(25,26)27)4-6-18(14)19-8-9-33-21-11-17(5-7-20(19)21)34(31,32)30-22-28-12-16(24)13-29-22/h2*4-7,10-13,19H,2-3,8-9H2,1H3,(H,28,29,30)/t2*19-/m10/s1. The Labute approximate surface area is 386 Å². The Bertz CT molecular complexity index is 2790. The third-order valence-corrected chi connectivity index (χ3v) is 13.7.